The molecule has 0 fully saturated rings. The highest BCUT2D eigenvalue weighted by Gasteiger charge is 1.75. The molecule has 0 aliphatic heterocycles. The van der Waals surface area contributed by atoms with Crippen LogP contribution in [0.25, 0.3) is 0 Å². The smallest absolute Gasteiger partial charge is 0.0433 e. The van der Waals surface area contributed by atoms with Gasteiger partial charge in [-0.15, -0.1) is 0 Å². The molecule has 10 heavy (non-hydrogen) atoms. The van der Waals surface area contributed by atoms with Gasteiger partial charge in [0.2, 0.25) is 0 Å². The summed E-state index contributed by atoms with van der Waals surface area (Å²) in [6.45, 7) is 2.40. The largest absolute Gasteiger partial charge is 0.396 e. The molecule has 0 aromatic carbocycles. The van der Waals surface area contributed by atoms with Crippen LogP contribution in [0.3, 0.4) is 0 Å². The monoisotopic (exact) mass is 140 g/mol. The zero-order valence-corrected chi connectivity index (χ0v) is 6.59. The first-order valence-electron chi connectivity index (χ1n) is 3.84. The Morgan fingerprint density at radius 3 is 2.50 bits per heavy atom. The SMILES string of the molecule is CC/C=C\C=C/CCCO. The maximum Gasteiger partial charge on any atom is 0.0433 e. The van der Waals surface area contributed by atoms with Crippen LogP contribution < -0.4 is 0 Å². The molecule has 0 aliphatic carbocycles. The van der Waals surface area contributed by atoms with E-state index in [4.69, 9.17) is 5.11 Å². The van der Waals surface area contributed by atoms with Crippen LogP contribution >= 0.6 is 0 Å². The van der Waals surface area contributed by atoms with Gasteiger partial charge < -0.3 is 5.11 Å². The van der Waals surface area contributed by atoms with Crippen LogP contribution in [0.2, 0.25) is 0 Å². The minimum atomic E-state index is 0.293. The number of rotatable bonds is 5. The zero-order chi connectivity index (χ0) is 7.66. The lowest BCUT2D eigenvalue weighted by molar-refractivity contribution is 0.289. The molecule has 58 valence electrons. The van der Waals surface area contributed by atoms with Gasteiger partial charge in [0.15, 0.2) is 0 Å². The predicted octanol–water partition coefficient (Wildman–Crippen LogP) is 2.28. The Hall–Kier alpha value is -0.560. The molecule has 0 aromatic heterocycles. The molecule has 0 atom stereocenters. The summed E-state index contributed by atoms with van der Waals surface area (Å²) in [7, 11) is 0. The molecule has 0 heterocycles. The second-order valence-electron chi connectivity index (χ2n) is 2.13. The normalized spacial score (nSPS) is 11.8. The fourth-order valence-corrected chi connectivity index (χ4v) is 0.599. The van der Waals surface area contributed by atoms with Crippen LogP contribution in [0.15, 0.2) is 24.3 Å². The molecule has 0 unspecified atom stereocenters. The van der Waals surface area contributed by atoms with Crippen molar-refractivity contribution < 1.29 is 5.11 Å². The van der Waals surface area contributed by atoms with E-state index in [0.29, 0.717) is 6.61 Å². The molecule has 1 N–H and O–H groups in total. The summed E-state index contributed by atoms with van der Waals surface area (Å²) in [5.74, 6) is 0. The van der Waals surface area contributed by atoms with Crippen LogP contribution in [0, 0.1) is 0 Å². The fourth-order valence-electron chi connectivity index (χ4n) is 0.599. The van der Waals surface area contributed by atoms with Crippen LogP contribution in [-0.4, -0.2) is 11.7 Å². The standard InChI is InChI=1S/C9H16O/c1-2-3-4-5-6-7-8-9-10/h3-6,10H,2,7-9H2,1H3/b4-3-,6-5-. The van der Waals surface area contributed by atoms with Crippen molar-refractivity contribution in [2.75, 3.05) is 6.61 Å². The number of hydrogen-bond acceptors (Lipinski definition) is 1. The number of aliphatic hydroxyl groups excluding tert-OH is 1. The van der Waals surface area contributed by atoms with Crippen LogP contribution in [0.1, 0.15) is 26.2 Å². The minimum absolute atomic E-state index is 0.293. The van der Waals surface area contributed by atoms with Gasteiger partial charge in [-0.05, 0) is 19.3 Å². The summed E-state index contributed by atoms with van der Waals surface area (Å²) in [6, 6.07) is 0. The zero-order valence-electron chi connectivity index (χ0n) is 6.59. The van der Waals surface area contributed by atoms with Gasteiger partial charge in [0, 0.05) is 6.61 Å². The molecular weight excluding hydrogens is 124 g/mol. The third kappa shape index (κ3) is 7.44. The molecule has 0 amide bonds. The molecular formula is C9H16O. The van der Waals surface area contributed by atoms with Crippen LogP contribution in [0.4, 0.5) is 0 Å². The summed E-state index contributed by atoms with van der Waals surface area (Å²) in [5, 5.41) is 8.42. The van der Waals surface area contributed by atoms with E-state index in [1.165, 1.54) is 0 Å². The van der Waals surface area contributed by atoms with Gasteiger partial charge in [-0.1, -0.05) is 31.2 Å². The lowest BCUT2D eigenvalue weighted by atomic mass is 10.3. The minimum Gasteiger partial charge on any atom is -0.396 e. The summed E-state index contributed by atoms with van der Waals surface area (Å²) in [4.78, 5) is 0. The summed E-state index contributed by atoms with van der Waals surface area (Å²) >= 11 is 0. The first kappa shape index (κ1) is 9.44. The molecule has 1 heteroatoms. The molecule has 0 rings (SSSR count). The van der Waals surface area contributed by atoms with Crippen molar-refractivity contribution in [3.8, 4) is 0 Å². The van der Waals surface area contributed by atoms with Gasteiger partial charge in [-0.2, -0.15) is 0 Å². The Labute approximate surface area is 63.1 Å². The van der Waals surface area contributed by atoms with Gasteiger partial charge in [0.1, 0.15) is 0 Å². The fraction of sp³-hybridized carbons (Fsp3) is 0.556. The number of aliphatic hydroxyl groups is 1. The van der Waals surface area contributed by atoms with E-state index >= 15 is 0 Å². The Morgan fingerprint density at radius 1 is 1.20 bits per heavy atom. The lowest BCUT2D eigenvalue weighted by Gasteiger charge is -1.84. The van der Waals surface area contributed by atoms with Crippen molar-refractivity contribution in [2.24, 2.45) is 0 Å². The highest BCUT2D eigenvalue weighted by molar-refractivity contribution is 5.01. The van der Waals surface area contributed by atoms with E-state index in [0.717, 1.165) is 19.3 Å². The Kier molecular flexibility index (Phi) is 7.97. The molecule has 0 spiro atoms. The van der Waals surface area contributed by atoms with Crippen molar-refractivity contribution >= 4 is 0 Å². The van der Waals surface area contributed by atoms with Gasteiger partial charge in [0.25, 0.3) is 0 Å². The number of hydrogen-bond donors (Lipinski definition) is 1. The summed E-state index contributed by atoms with van der Waals surface area (Å²) in [5.41, 5.74) is 0. The summed E-state index contributed by atoms with van der Waals surface area (Å²) < 4.78 is 0. The first-order chi connectivity index (χ1) is 4.91. The van der Waals surface area contributed by atoms with E-state index in [2.05, 4.69) is 19.1 Å². The highest BCUT2D eigenvalue weighted by Crippen LogP contribution is 1.89. The third-order valence-corrected chi connectivity index (χ3v) is 1.15. The van der Waals surface area contributed by atoms with Crippen molar-refractivity contribution in [2.45, 2.75) is 26.2 Å². The average molecular weight is 140 g/mol. The maximum atomic E-state index is 8.42. The van der Waals surface area contributed by atoms with Gasteiger partial charge in [0.05, 0.1) is 0 Å². The molecule has 1 nitrogen and oxygen atoms in total. The number of allylic oxidation sites excluding steroid dienone is 4. The maximum absolute atomic E-state index is 8.42. The molecule has 0 saturated carbocycles. The second kappa shape index (κ2) is 8.44. The van der Waals surface area contributed by atoms with Crippen molar-refractivity contribution in [1.82, 2.24) is 0 Å². The topological polar surface area (TPSA) is 20.2 Å². The number of unbranched alkanes of at least 4 members (excludes halogenated alkanes) is 1. The first-order valence-corrected chi connectivity index (χ1v) is 3.84. The molecule has 0 aliphatic rings. The quantitative estimate of drug-likeness (QED) is 0.459. The van der Waals surface area contributed by atoms with Crippen molar-refractivity contribution in [1.29, 1.82) is 0 Å². The van der Waals surface area contributed by atoms with Gasteiger partial charge in [-0.25, -0.2) is 0 Å². The highest BCUT2D eigenvalue weighted by atomic mass is 16.2. The Bertz CT molecular complexity index is 103. The Morgan fingerprint density at radius 2 is 1.90 bits per heavy atom. The predicted molar refractivity (Wildman–Crippen MR) is 44.9 cm³/mol. The lowest BCUT2D eigenvalue weighted by Crippen LogP contribution is -1.77. The summed E-state index contributed by atoms with van der Waals surface area (Å²) in [6.07, 6.45) is 11.2. The van der Waals surface area contributed by atoms with E-state index in [-0.39, 0.29) is 0 Å². The van der Waals surface area contributed by atoms with Crippen molar-refractivity contribution in [3.63, 3.8) is 0 Å². The average Bonchev–Trinajstić information content (AvgIpc) is 1.97. The van der Waals surface area contributed by atoms with Gasteiger partial charge in [-0.3, -0.25) is 0 Å². The van der Waals surface area contributed by atoms with Crippen LogP contribution in [-0.2, 0) is 0 Å². The molecule has 0 radical (unpaired) electrons. The molecule has 0 saturated heterocycles. The Balaban J connectivity index is 3.11. The van der Waals surface area contributed by atoms with Crippen LogP contribution in [0.5, 0.6) is 0 Å². The van der Waals surface area contributed by atoms with E-state index in [1.807, 2.05) is 12.2 Å². The van der Waals surface area contributed by atoms with E-state index in [1.54, 1.807) is 0 Å². The van der Waals surface area contributed by atoms with Gasteiger partial charge >= 0.3 is 0 Å². The van der Waals surface area contributed by atoms with E-state index in [9.17, 15) is 0 Å². The second-order valence-corrected chi connectivity index (χ2v) is 2.13. The van der Waals surface area contributed by atoms with E-state index < -0.39 is 0 Å². The molecule has 0 aromatic rings. The third-order valence-electron chi connectivity index (χ3n) is 1.15. The van der Waals surface area contributed by atoms with Crippen molar-refractivity contribution in [3.05, 3.63) is 24.3 Å². The molecule has 0 bridgehead atoms.